The van der Waals surface area contributed by atoms with E-state index in [0.717, 1.165) is 28.9 Å². The molecule has 0 saturated heterocycles. The fraction of sp³-hybridized carbons (Fsp3) is 0.300. The number of rotatable bonds is 11. The molecule has 0 bridgehead atoms. The van der Waals surface area contributed by atoms with E-state index in [0.29, 0.717) is 38.7 Å². The fourth-order valence-corrected chi connectivity index (χ4v) is 5.72. The second-order valence-corrected chi connectivity index (χ2v) is 10.7. The Bertz CT molecular complexity index is 1570. The zero-order valence-corrected chi connectivity index (χ0v) is 24.2. The van der Waals surface area contributed by atoms with Crippen LogP contribution in [0.2, 0.25) is 0 Å². The summed E-state index contributed by atoms with van der Waals surface area (Å²) in [4.78, 5) is 33.2. The molecule has 0 spiro atoms. The molecule has 1 aliphatic heterocycles. The van der Waals surface area contributed by atoms with Crippen molar-refractivity contribution in [3.63, 3.8) is 0 Å². The monoisotopic (exact) mass is 564 g/mol. The third-order valence-electron chi connectivity index (χ3n) is 6.25. The van der Waals surface area contributed by atoms with Crippen LogP contribution in [-0.4, -0.2) is 37.1 Å². The summed E-state index contributed by atoms with van der Waals surface area (Å²) < 4.78 is 18.9. The molecular weight excluding hydrogens is 532 g/mol. The van der Waals surface area contributed by atoms with Gasteiger partial charge >= 0.3 is 5.97 Å². The van der Waals surface area contributed by atoms with Crippen molar-refractivity contribution in [1.29, 1.82) is 0 Å². The summed E-state index contributed by atoms with van der Waals surface area (Å²) in [6.45, 7) is 8.19. The first-order valence-corrected chi connectivity index (χ1v) is 14.7. The molecule has 0 saturated carbocycles. The van der Waals surface area contributed by atoms with Gasteiger partial charge in [-0.05, 0) is 61.1 Å². The van der Waals surface area contributed by atoms with E-state index in [9.17, 15) is 9.59 Å². The minimum absolute atomic E-state index is 0.0676. The topological polar surface area (TPSA) is 79.1 Å². The number of esters is 1. The number of carbonyl (C=O) groups is 1. The van der Waals surface area contributed by atoms with Gasteiger partial charge in [-0.3, -0.25) is 9.36 Å². The molecule has 0 fully saturated rings. The number of carbonyl (C=O) groups excluding carboxylic acids is 1. The number of unbranched alkanes of at least 4 members (excludes halogenated alkanes) is 1. The van der Waals surface area contributed by atoms with Gasteiger partial charge in [-0.15, -0.1) is 11.8 Å². The Morgan fingerprint density at radius 3 is 2.64 bits per heavy atom. The molecule has 4 rings (SSSR count). The first-order valence-electron chi connectivity index (χ1n) is 12.7. The predicted octanol–water partition coefficient (Wildman–Crippen LogP) is 4.87. The maximum Gasteiger partial charge on any atom is 0.338 e. The van der Waals surface area contributed by atoms with Gasteiger partial charge in [0.25, 0.3) is 5.56 Å². The lowest BCUT2D eigenvalue weighted by Gasteiger charge is -2.24. The molecule has 2 aromatic carbocycles. The van der Waals surface area contributed by atoms with Crippen LogP contribution < -0.4 is 24.4 Å². The summed E-state index contributed by atoms with van der Waals surface area (Å²) in [5, 5.41) is 0. The maximum atomic E-state index is 13.8. The minimum Gasteiger partial charge on any atom is -0.493 e. The molecule has 3 aromatic rings. The summed E-state index contributed by atoms with van der Waals surface area (Å²) in [5.41, 5.74) is 2.22. The molecule has 9 heteroatoms. The van der Waals surface area contributed by atoms with Crippen molar-refractivity contribution in [3.05, 3.63) is 97.2 Å². The normalized spacial score (nSPS) is 15.0. The van der Waals surface area contributed by atoms with Crippen LogP contribution >= 0.6 is 23.1 Å². The molecule has 0 radical (unpaired) electrons. The van der Waals surface area contributed by atoms with E-state index in [1.165, 1.54) is 17.4 Å². The first kappa shape index (κ1) is 28.4. The quantitative estimate of drug-likeness (QED) is 0.143. The molecule has 0 N–H and O–H groups in total. The van der Waals surface area contributed by atoms with Crippen LogP contribution in [0.25, 0.3) is 6.08 Å². The first-order chi connectivity index (χ1) is 18.9. The Hall–Kier alpha value is -3.56. The third kappa shape index (κ3) is 6.20. The van der Waals surface area contributed by atoms with Crippen LogP contribution in [0.1, 0.15) is 43.9 Å². The van der Waals surface area contributed by atoms with Crippen LogP contribution in [0.15, 0.2) is 81.1 Å². The highest BCUT2D eigenvalue weighted by Gasteiger charge is 2.33. The van der Waals surface area contributed by atoms with Crippen molar-refractivity contribution in [1.82, 2.24) is 4.57 Å². The van der Waals surface area contributed by atoms with Crippen LogP contribution in [-0.2, 0) is 9.53 Å². The van der Waals surface area contributed by atoms with Gasteiger partial charge in [0.15, 0.2) is 16.3 Å². The van der Waals surface area contributed by atoms with Gasteiger partial charge in [-0.25, -0.2) is 9.79 Å². The number of fused-ring (bicyclic) bond motifs is 1. The SMILES string of the molecule is C=CCOC(=O)C1=C(C)N=c2sc(=Cc3ccc(OCCCC)c(OC)c3)c(=O)n2C1c1ccc(SC)cc1. The lowest BCUT2D eigenvalue weighted by Crippen LogP contribution is -2.39. The van der Waals surface area contributed by atoms with E-state index in [4.69, 9.17) is 14.2 Å². The number of ether oxygens (including phenoxy) is 3. The number of hydrogen-bond acceptors (Lipinski definition) is 8. The smallest absolute Gasteiger partial charge is 0.338 e. The summed E-state index contributed by atoms with van der Waals surface area (Å²) in [7, 11) is 1.59. The van der Waals surface area contributed by atoms with Gasteiger partial charge < -0.3 is 14.2 Å². The van der Waals surface area contributed by atoms with Crippen molar-refractivity contribution >= 4 is 35.1 Å². The number of thioether (sulfide) groups is 1. The Morgan fingerprint density at radius 2 is 1.97 bits per heavy atom. The van der Waals surface area contributed by atoms with Gasteiger partial charge in [0, 0.05) is 4.90 Å². The highest BCUT2D eigenvalue weighted by Crippen LogP contribution is 2.32. The van der Waals surface area contributed by atoms with Gasteiger partial charge in [-0.2, -0.15) is 0 Å². The summed E-state index contributed by atoms with van der Waals surface area (Å²) in [5.74, 6) is 0.742. The molecule has 2 heterocycles. The summed E-state index contributed by atoms with van der Waals surface area (Å²) >= 11 is 2.90. The third-order valence-corrected chi connectivity index (χ3v) is 7.97. The Labute approximate surface area is 236 Å². The number of benzene rings is 2. The van der Waals surface area contributed by atoms with Crippen molar-refractivity contribution < 1.29 is 19.0 Å². The molecule has 7 nitrogen and oxygen atoms in total. The number of nitrogens with zero attached hydrogens (tertiary/aromatic N) is 2. The van der Waals surface area contributed by atoms with Gasteiger partial charge in [0.05, 0.1) is 35.6 Å². The van der Waals surface area contributed by atoms with E-state index in [1.807, 2.05) is 54.8 Å². The van der Waals surface area contributed by atoms with Crippen LogP contribution in [0, 0.1) is 0 Å². The van der Waals surface area contributed by atoms with Gasteiger partial charge in [0.1, 0.15) is 6.61 Å². The molecule has 1 aliphatic rings. The number of hydrogen-bond donors (Lipinski definition) is 0. The summed E-state index contributed by atoms with van der Waals surface area (Å²) in [6, 6.07) is 12.8. The van der Waals surface area contributed by atoms with Crippen molar-refractivity contribution in [2.75, 3.05) is 26.6 Å². The summed E-state index contributed by atoms with van der Waals surface area (Å²) in [6.07, 6.45) is 7.32. The molecule has 204 valence electrons. The number of methoxy groups -OCH3 is 1. The number of allylic oxidation sites excluding steroid dienone is 1. The van der Waals surface area contributed by atoms with E-state index in [2.05, 4.69) is 18.5 Å². The van der Waals surface area contributed by atoms with E-state index in [1.54, 1.807) is 30.4 Å². The molecule has 39 heavy (non-hydrogen) atoms. The molecular formula is C30H32N2O5S2. The Balaban J connectivity index is 1.82. The fourth-order valence-electron chi connectivity index (χ4n) is 4.27. The van der Waals surface area contributed by atoms with E-state index < -0.39 is 12.0 Å². The van der Waals surface area contributed by atoms with Gasteiger partial charge in [-0.1, -0.05) is 55.5 Å². The van der Waals surface area contributed by atoms with Crippen molar-refractivity contribution in [2.45, 2.75) is 37.6 Å². The second kappa shape index (κ2) is 13.0. The van der Waals surface area contributed by atoms with Gasteiger partial charge in [0.2, 0.25) is 0 Å². The van der Waals surface area contributed by atoms with E-state index >= 15 is 0 Å². The Kier molecular flexibility index (Phi) is 9.48. The molecule has 0 aliphatic carbocycles. The van der Waals surface area contributed by atoms with Crippen molar-refractivity contribution in [2.24, 2.45) is 4.99 Å². The standard InChI is InChI=1S/C30H32N2O5S2/c1-6-8-16-36-23-14-9-20(17-24(23)35-4)18-25-28(33)32-27(21-10-12-22(38-5)13-11-21)26(29(34)37-15-7-2)19(3)31-30(32)39-25/h7,9-14,17-18,27H,2,6,8,15-16H2,1,3-5H3. The minimum atomic E-state index is -0.666. The highest BCUT2D eigenvalue weighted by molar-refractivity contribution is 7.98. The Morgan fingerprint density at radius 1 is 1.21 bits per heavy atom. The average molecular weight is 565 g/mol. The zero-order valence-electron chi connectivity index (χ0n) is 22.6. The zero-order chi connectivity index (χ0) is 27.9. The van der Waals surface area contributed by atoms with Crippen LogP contribution in [0.3, 0.4) is 0 Å². The largest absolute Gasteiger partial charge is 0.493 e. The van der Waals surface area contributed by atoms with Crippen LogP contribution in [0.4, 0.5) is 0 Å². The predicted molar refractivity (Wildman–Crippen MR) is 157 cm³/mol. The highest BCUT2D eigenvalue weighted by atomic mass is 32.2. The molecule has 0 amide bonds. The molecule has 1 unspecified atom stereocenters. The number of thiazole rings is 1. The van der Waals surface area contributed by atoms with Crippen LogP contribution in [0.5, 0.6) is 11.5 Å². The molecule has 1 aromatic heterocycles. The number of aromatic nitrogens is 1. The average Bonchev–Trinajstić information content (AvgIpc) is 3.25. The second-order valence-electron chi connectivity index (χ2n) is 8.85. The molecule has 1 atom stereocenters. The lowest BCUT2D eigenvalue weighted by molar-refractivity contribution is -0.138. The maximum absolute atomic E-state index is 13.8. The van der Waals surface area contributed by atoms with Crippen molar-refractivity contribution in [3.8, 4) is 11.5 Å². The lowest BCUT2D eigenvalue weighted by atomic mass is 9.96. The van der Waals surface area contributed by atoms with E-state index in [-0.39, 0.29) is 12.2 Å².